The van der Waals surface area contributed by atoms with E-state index in [2.05, 4.69) is 11.1 Å². The number of rotatable bonds is 5. The van der Waals surface area contributed by atoms with Crippen LogP contribution in [0.1, 0.15) is 24.0 Å². The molecular weight excluding hydrogens is 312 g/mol. The first-order valence-electron chi connectivity index (χ1n) is 8.03. The highest BCUT2D eigenvalue weighted by Gasteiger charge is 2.49. The first-order chi connectivity index (χ1) is 11.1. The number of carbonyl (C=O) groups excluding carboxylic acids is 1. The molecule has 2 fully saturated rings. The fraction of sp³-hybridized carbons (Fsp3) is 0.647. The lowest BCUT2D eigenvalue weighted by molar-refractivity contribution is -0.201. The van der Waals surface area contributed by atoms with Gasteiger partial charge in [-0.1, -0.05) is 6.07 Å². The maximum absolute atomic E-state index is 11.9. The van der Waals surface area contributed by atoms with Crippen molar-refractivity contribution >= 4 is 17.7 Å². The monoisotopic (exact) mass is 336 g/mol. The Morgan fingerprint density at radius 1 is 1.52 bits per heavy atom. The Kier molecular flexibility index (Phi) is 5.24. The van der Waals surface area contributed by atoms with Gasteiger partial charge in [0.2, 0.25) is 5.91 Å². The third-order valence-electron chi connectivity index (χ3n) is 4.44. The molecule has 1 aromatic heterocycles. The highest BCUT2D eigenvalue weighted by molar-refractivity contribution is 7.99. The fourth-order valence-electron chi connectivity index (χ4n) is 3.30. The zero-order chi connectivity index (χ0) is 16.3. The van der Waals surface area contributed by atoms with E-state index in [9.17, 15) is 4.79 Å². The number of likely N-dealkylation sites (tertiary alicyclic amines) is 1. The minimum Gasteiger partial charge on any atom is -0.373 e. The molecule has 3 rings (SSSR count). The lowest BCUT2D eigenvalue weighted by atomic mass is 9.84. The molecule has 6 heteroatoms. The molecule has 1 spiro atoms. The summed E-state index contributed by atoms with van der Waals surface area (Å²) in [5.41, 5.74) is 2.08. The van der Waals surface area contributed by atoms with Gasteiger partial charge in [-0.25, -0.2) is 0 Å². The molecule has 23 heavy (non-hydrogen) atoms. The van der Waals surface area contributed by atoms with Crippen molar-refractivity contribution in [1.29, 1.82) is 0 Å². The van der Waals surface area contributed by atoms with Gasteiger partial charge < -0.3 is 14.4 Å². The van der Waals surface area contributed by atoms with Crippen molar-refractivity contribution in [3.8, 4) is 0 Å². The van der Waals surface area contributed by atoms with E-state index < -0.39 is 0 Å². The normalized spacial score (nSPS) is 22.9. The number of thioether (sulfide) groups is 1. The predicted octanol–water partition coefficient (Wildman–Crippen LogP) is 2.03. The third-order valence-corrected chi connectivity index (χ3v) is 4.98. The van der Waals surface area contributed by atoms with E-state index in [4.69, 9.17) is 9.47 Å². The van der Waals surface area contributed by atoms with Gasteiger partial charge >= 0.3 is 0 Å². The maximum Gasteiger partial charge on any atom is 0.232 e. The second-order valence-corrected chi connectivity index (χ2v) is 7.38. The Bertz CT molecular complexity index is 561. The summed E-state index contributed by atoms with van der Waals surface area (Å²) in [4.78, 5) is 18.0. The summed E-state index contributed by atoms with van der Waals surface area (Å²) < 4.78 is 12.0. The Hall–Kier alpha value is -1.11. The highest BCUT2D eigenvalue weighted by Crippen LogP contribution is 2.35. The smallest absolute Gasteiger partial charge is 0.232 e. The zero-order valence-corrected chi connectivity index (χ0v) is 14.6. The fourth-order valence-corrected chi connectivity index (χ4v) is 3.73. The quantitative estimate of drug-likeness (QED) is 0.823. The van der Waals surface area contributed by atoms with E-state index in [0.717, 1.165) is 24.0 Å². The van der Waals surface area contributed by atoms with Crippen LogP contribution in [-0.2, 0) is 20.9 Å². The molecule has 1 aromatic rings. The summed E-state index contributed by atoms with van der Waals surface area (Å²) in [6.07, 6.45) is 7.64. The van der Waals surface area contributed by atoms with Gasteiger partial charge in [-0.3, -0.25) is 9.78 Å². The van der Waals surface area contributed by atoms with Crippen LogP contribution in [0.5, 0.6) is 0 Å². The Morgan fingerprint density at radius 2 is 2.35 bits per heavy atom. The number of ether oxygens (including phenoxy) is 2. The van der Waals surface area contributed by atoms with Gasteiger partial charge in [-0.2, -0.15) is 11.8 Å². The zero-order valence-electron chi connectivity index (χ0n) is 13.8. The Balaban J connectivity index is 1.49. The van der Waals surface area contributed by atoms with Crippen LogP contribution < -0.4 is 0 Å². The molecule has 0 aliphatic carbocycles. The van der Waals surface area contributed by atoms with Gasteiger partial charge in [-0.15, -0.1) is 0 Å². The van der Waals surface area contributed by atoms with Gasteiger partial charge in [0.25, 0.3) is 0 Å². The maximum atomic E-state index is 11.9. The van der Waals surface area contributed by atoms with E-state index in [1.165, 1.54) is 0 Å². The molecule has 0 aromatic carbocycles. The number of hydrogen-bond donors (Lipinski definition) is 0. The van der Waals surface area contributed by atoms with Crippen molar-refractivity contribution in [3.05, 3.63) is 29.6 Å². The molecule has 0 saturated carbocycles. The second kappa shape index (κ2) is 7.20. The molecule has 0 N–H and O–H groups in total. The highest BCUT2D eigenvalue weighted by atomic mass is 32.2. The minimum absolute atomic E-state index is 0.179. The summed E-state index contributed by atoms with van der Waals surface area (Å²) in [6, 6.07) is 2.11. The molecule has 2 aliphatic rings. The van der Waals surface area contributed by atoms with Crippen molar-refractivity contribution in [3.63, 3.8) is 0 Å². The molecule has 0 radical (unpaired) electrons. The number of hydrogen-bond acceptors (Lipinski definition) is 5. The van der Waals surface area contributed by atoms with Gasteiger partial charge in [0.15, 0.2) is 0 Å². The standard InChI is InChI=1S/C17H24N2O3S/c1-13-5-14(8-18-7-13)9-21-15-3-4-22-17(6-15)11-19(12-17)16(20)10-23-2/h5,7-8,15H,3-4,6,9-12H2,1-2H3/t15-/m0/s1. The van der Waals surface area contributed by atoms with E-state index in [0.29, 0.717) is 32.1 Å². The van der Waals surface area contributed by atoms with E-state index in [-0.39, 0.29) is 17.6 Å². The molecular formula is C17H24N2O3S. The van der Waals surface area contributed by atoms with Crippen LogP contribution >= 0.6 is 11.8 Å². The largest absolute Gasteiger partial charge is 0.373 e. The Morgan fingerprint density at radius 3 is 3.09 bits per heavy atom. The number of amides is 1. The van der Waals surface area contributed by atoms with Crippen LogP contribution in [0.3, 0.4) is 0 Å². The summed E-state index contributed by atoms with van der Waals surface area (Å²) in [7, 11) is 0. The molecule has 0 bridgehead atoms. The minimum atomic E-state index is -0.179. The first-order valence-corrected chi connectivity index (χ1v) is 9.42. The van der Waals surface area contributed by atoms with Gasteiger partial charge in [0, 0.05) is 25.4 Å². The molecule has 5 nitrogen and oxygen atoms in total. The van der Waals surface area contributed by atoms with Crippen molar-refractivity contribution < 1.29 is 14.3 Å². The van der Waals surface area contributed by atoms with Gasteiger partial charge in [0.1, 0.15) is 5.60 Å². The average molecular weight is 336 g/mol. The predicted molar refractivity (Wildman–Crippen MR) is 90.4 cm³/mol. The van der Waals surface area contributed by atoms with Gasteiger partial charge in [0.05, 0.1) is 31.6 Å². The Labute approximate surface area is 141 Å². The molecule has 1 atom stereocenters. The van der Waals surface area contributed by atoms with E-state index >= 15 is 0 Å². The summed E-state index contributed by atoms with van der Waals surface area (Å²) >= 11 is 1.57. The summed E-state index contributed by atoms with van der Waals surface area (Å²) in [5.74, 6) is 0.761. The summed E-state index contributed by atoms with van der Waals surface area (Å²) in [6.45, 7) is 4.75. The number of aromatic nitrogens is 1. The topological polar surface area (TPSA) is 51.7 Å². The van der Waals surface area contributed by atoms with Crippen molar-refractivity contribution in [2.75, 3.05) is 31.7 Å². The van der Waals surface area contributed by atoms with Crippen molar-refractivity contribution in [1.82, 2.24) is 9.88 Å². The van der Waals surface area contributed by atoms with Crippen LogP contribution in [0.2, 0.25) is 0 Å². The number of carbonyl (C=O) groups is 1. The number of pyridine rings is 1. The van der Waals surface area contributed by atoms with Gasteiger partial charge in [-0.05, 0) is 30.7 Å². The van der Waals surface area contributed by atoms with Crippen LogP contribution in [0.4, 0.5) is 0 Å². The second-order valence-electron chi connectivity index (χ2n) is 6.51. The molecule has 126 valence electrons. The van der Waals surface area contributed by atoms with Crippen LogP contribution in [0, 0.1) is 6.92 Å². The molecule has 3 heterocycles. The lowest BCUT2D eigenvalue weighted by Gasteiger charge is -2.53. The number of aryl methyl sites for hydroxylation is 1. The van der Waals surface area contributed by atoms with Crippen LogP contribution in [0.25, 0.3) is 0 Å². The van der Waals surface area contributed by atoms with E-state index in [1.807, 2.05) is 30.5 Å². The molecule has 0 unspecified atom stereocenters. The lowest BCUT2D eigenvalue weighted by Crippen LogP contribution is -2.67. The SMILES string of the molecule is CSCC(=O)N1CC2(C[C@@H](OCc3cncc(C)c3)CCO2)C1. The van der Waals surface area contributed by atoms with Crippen molar-refractivity contribution in [2.45, 2.75) is 38.1 Å². The average Bonchev–Trinajstić information content (AvgIpc) is 2.51. The van der Waals surface area contributed by atoms with Crippen LogP contribution in [0.15, 0.2) is 18.5 Å². The molecule has 1 amide bonds. The first kappa shape index (κ1) is 16.7. The molecule has 2 saturated heterocycles. The van der Waals surface area contributed by atoms with Crippen molar-refractivity contribution in [2.24, 2.45) is 0 Å². The van der Waals surface area contributed by atoms with Crippen LogP contribution in [-0.4, -0.2) is 59.2 Å². The summed E-state index contributed by atoms with van der Waals surface area (Å²) in [5, 5.41) is 0. The van der Waals surface area contributed by atoms with E-state index in [1.54, 1.807) is 11.8 Å². The number of nitrogens with zero attached hydrogens (tertiary/aromatic N) is 2. The third kappa shape index (κ3) is 4.05. The molecule has 2 aliphatic heterocycles.